The van der Waals surface area contributed by atoms with Gasteiger partial charge in [-0.3, -0.25) is 0 Å². The number of ether oxygens (including phenoxy) is 2. The number of amides is 1. The smallest absolute Gasteiger partial charge is 0.408 e. The summed E-state index contributed by atoms with van der Waals surface area (Å²) in [5.41, 5.74) is 10.7. The van der Waals surface area contributed by atoms with E-state index in [2.05, 4.69) is 10.3 Å². The summed E-state index contributed by atoms with van der Waals surface area (Å²) in [6, 6.07) is 5.87. The van der Waals surface area contributed by atoms with Crippen molar-refractivity contribution in [2.75, 3.05) is 0 Å². The van der Waals surface area contributed by atoms with E-state index < -0.39 is 23.7 Å². The van der Waals surface area contributed by atoms with E-state index in [1.165, 1.54) is 6.92 Å². The van der Waals surface area contributed by atoms with Gasteiger partial charge in [0.1, 0.15) is 17.4 Å². The lowest BCUT2D eigenvalue weighted by Crippen LogP contribution is -2.43. The molecule has 24 heavy (non-hydrogen) atoms. The predicted octanol–water partition coefficient (Wildman–Crippen LogP) is 1.28. The molecule has 0 fully saturated rings. The summed E-state index contributed by atoms with van der Waals surface area (Å²) >= 11 is 0. The molecule has 0 heterocycles. The van der Waals surface area contributed by atoms with Crippen molar-refractivity contribution >= 4 is 18.0 Å². The molecule has 8 heteroatoms. The van der Waals surface area contributed by atoms with Gasteiger partial charge in [-0.15, -0.1) is 0 Å². The number of benzene rings is 1. The molecule has 0 aliphatic heterocycles. The van der Waals surface area contributed by atoms with Crippen LogP contribution >= 0.6 is 0 Å². The molecule has 8 nitrogen and oxygen atoms in total. The van der Waals surface area contributed by atoms with Gasteiger partial charge in [-0.1, -0.05) is 12.1 Å². The molecule has 132 valence electrons. The Morgan fingerprint density at radius 2 is 1.79 bits per heavy atom. The largest absolute Gasteiger partial charge is 0.444 e. The second-order valence-corrected chi connectivity index (χ2v) is 6.17. The van der Waals surface area contributed by atoms with Crippen molar-refractivity contribution in [2.24, 2.45) is 16.5 Å². The van der Waals surface area contributed by atoms with Crippen LogP contribution in [0.2, 0.25) is 0 Å². The molecule has 1 aromatic carbocycles. The molecule has 0 saturated carbocycles. The molecule has 0 radical (unpaired) electrons. The Balaban J connectivity index is 2.54. The molecule has 1 aromatic rings. The number of hydrogen-bond donors (Lipinski definition) is 3. The molecule has 0 saturated heterocycles. The van der Waals surface area contributed by atoms with Crippen molar-refractivity contribution < 1.29 is 19.1 Å². The van der Waals surface area contributed by atoms with Crippen molar-refractivity contribution in [3.8, 4) is 5.75 Å². The van der Waals surface area contributed by atoms with E-state index in [1.54, 1.807) is 45.0 Å². The summed E-state index contributed by atoms with van der Waals surface area (Å²) < 4.78 is 10.3. The number of nitrogens with zero attached hydrogens (tertiary/aromatic N) is 1. The predicted molar refractivity (Wildman–Crippen MR) is 90.4 cm³/mol. The highest BCUT2D eigenvalue weighted by molar-refractivity contribution is 5.82. The average Bonchev–Trinajstić information content (AvgIpc) is 2.44. The van der Waals surface area contributed by atoms with E-state index in [-0.39, 0.29) is 5.96 Å². The molecule has 0 aromatic heterocycles. The van der Waals surface area contributed by atoms with Crippen LogP contribution in [0, 0.1) is 0 Å². The van der Waals surface area contributed by atoms with Crippen LogP contribution in [0.25, 0.3) is 0 Å². The van der Waals surface area contributed by atoms with Gasteiger partial charge in [-0.2, -0.15) is 0 Å². The molecule has 1 amide bonds. The third-order valence-corrected chi connectivity index (χ3v) is 2.67. The topological polar surface area (TPSA) is 129 Å². The van der Waals surface area contributed by atoms with Gasteiger partial charge in [0.2, 0.25) is 0 Å². The first-order valence-electron chi connectivity index (χ1n) is 7.42. The maximum Gasteiger partial charge on any atom is 0.408 e. The van der Waals surface area contributed by atoms with Crippen LogP contribution < -0.4 is 21.5 Å². The molecule has 0 spiro atoms. The molecule has 5 N–H and O–H groups in total. The van der Waals surface area contributed by atoms with Crippen LogP contribution in [-0.2, 0) is 16.1 Å². The number of carbonyl (C=O) groups excluding carboxylic acids is 2. The lowest BCUT2D eigenvalue weighted by molar-refractivity contribution is -0.136. The number of carbonyl (C=O) groups is 2. The Bertz CT molecular complexity index is 601. The van der Waals surface area contributed by atoms with Gasteiger partial charge in [-0.05, 0) is 45.4 Å². The third kappa shape index (κ3) is 7.48. The van der Waals surface area contributed by atoms with Gasteiger partial charge in [-0.25, -0.2) is 14.6 Å². The number of guanidine groups is 1. The summed E-state index contributed by atoms with van der Waals surface area (Å²) in [6.45, 7) is 7.06. The first-order valence-corrected chi connectivity index (χ1v) is 7.42. The number of nitrogens with two attached hydrogens (primary N) is 2. The lowest BCUT2D eigenvalue weighted by Gasteiger charge is -2.21. The quantitative estimate of drug-likeness (QED) is 0.321. The zero-order valence-corrected chi connectivity index (χ0v) is 14.3. The van der Waals surface area contributed by atoms with Crippen LogP contribution in [0.1, 0.15) is 33.3 Å². The monoisotopic (exact) mass is 336 g/mol. The normalized spacial score (nSPS) is 12.0. The highest BCUT2D eigenvalue weighted by atomic mass is 16.6. The molecule has 1 atom stereocenters. The number of nitrogens with one attached hydrogen (secondary N) is 1. The van der Waals surface area contributed by atoms with Crippen LogP contribution in [0.4, 0.5) is 4.79 Å². The van der Waals surface area contributed by atoms with Crippen LogP contribution in [0.5, 0.6) is 5.75 Å². The summed E-state index contributed by atoms with van der Waals surface area (Å²) in [7, 11) is 0. The minimum absolute atomic E-state index is 0.00699. The summed E-state index contributed by atoms with van der Waals surface area (Å²) in [5.74, 6) is -0.239. The van der Waals surface area contributed by atoms with E-state index in [0.29, 0.717) is 12.3 Å². The average molecular weight is 336 g/mol. The van der Waals surface area contributed by atoms with Crippen molar-refractivity contribution in [1.82, 2.24) is 5.32 Å². The van der Waals surface area contributed by atoms with Gasteiger partial charge in [0.15, 0.2) is 5.96 Å². The van der Waals surface area contributed by atoms with E-state index in [0.717, 1.165) is 5.56 Å². The number of aliphatic imine (C=N–C) groups is 1. The number of esters is 1. The molecular formula is C16H24N4O4. The number of hydrogen-bond acceptors (Lipinski definition) is 5. The highest BCUT2D eigenvalue weighted by Crippen LogP contribution is 2.14. The fraction of sp³-hybridized carbons (Fsp3) is 0.438. The Kier molecular flexibility index (Phi) is 6.58. The minimum Gasteiger partial charge on any atom is -0.444 e. The van der Waals surface area contributed by atoms with Crippen LogP contribution in [-0.4, -0.2) is 29.7 Å². The number of alkyl carbamates (subject to hydrolysis) is 1. The lowest BCUT2D eigenvalue weighted by atomic mass is 10.2. The summed E-state index contributed by atoms with van der Waals surface area (Å²) in [5, 5.41) is 2.42. The van der Waals surface area contributed by atoms with Crippen LogP contribution in [0.15, 0.2) is 29.3 Å². The molecule has 0 bridgehead atoms. The fourth-order valence-corrected chi connectivity index (χ4v) is 1.59. The van der Waals surface area contributed by atoms with Crippen LogP contribution in [0.3, 0.4) is 0 Å². The Labute approximate surface area is 141 Å². The SMILES string of the molecule is C[C@@H](NC(=O)OC(C)(C)C)C(=O)Oc1ccc(CN=C(N)N)cc1. The van der Waals surface area contributed by atoms with Gasteiger partial charge in [0.05, 0.1) is 6.54 Å². The molecule has 1 rings (SSSR count). The third-order valence-electron chi connectivity index (χ3n) is 2.67. The minimum atomic E-state index is -0.846. The second kappa shape index (κ2) is 8.19. The molecule has 0 unspecified atom stereocenters. The van der Waals surface area contributed by atoms with Gasteiger partial charge in [0.25, 0.3) is 0 Å². The Morgan fingerprint density at radius 1 is 1.21 bits per heavy atom. The van der Waals surface area contributed by atoms with E-state index in [1.807, 2.05) is 0 Å². The van der Waals surface area contributed by atoms with Crippen molar-refractivity contribution in [3.63, 3.8) is 0 Å². The molecular weight excluding hydrogens is 312 g/mol. The maximum absolute atomic E-state index is 12.0. The van der Waals surface area contributed by atoms with Gasteiger partial charge in [0, 0.05) is 0 Å². The van der Waals surface area contributed by atoms with E-state index >= 15 is 0 Å². The fourth-order valence-electron chi connectivity index (χ4n) is 1.59. The highest BCUT2D eigenvalue weighted by Gasteiger charge is 2.22. The Hall–Kier alpha value is -2.77. The van der Waals surface area contributed by atoms with Crippen molar-refractivity contribution in [1.29, 1.82) is 0 Å². The van der Waals surface area contributed by atoms with Crippen molar-refractivity contribution in [3.05, 3.63) is 29.8 Å². The molecule has 0 aliphatic rings. The maximum atomic E-state index is 12.0. The van der Waals surface area contributed by atoms with E-state index in [9.17, 15) is 9.59 Å². The first kappa shape index (κ1) is 19.3. The van der Waals surface area contributed by atoms with E-state index in [4.69, 9.17) is 20.9 Å². The second-order valence-electron chi connectivity index (χ2n) is 6.17. The summed E-state index contributed by atoms with van der Waals surface area (Å²) in [6.07, 6.45) is -0.681. The van der Waals surface area contributed by atoms with Gasteiger partial charge < -0.3 is 26.3 Å². The standard InChI is InChI=1S/C16H24N4O4/c1-10(20-15(22)24-16(2,3)4)13(21)23-12-7-5-11(6-8-12)9-19-14(17)18/h5-8,10H,9H2,1-4H3,(H,20,22)(H4,17,18,19)/t10-/m1/s1. The van der Waals surface area contributed by atoms with Crippen molar-refractivity contribution in [2.45, 2.75) is 45.9 Å². The Morgan fingerprint density at radius 3 is 2.29 bits per heavy atom. The zero-order valence-electron chi connectivity index (χ0n) is 14.3. The number of rotatable bonds is 5. The zero-order chi connectivity index (χ0) is 18.3. The summed E-state index contributed by atoms with van der Waals surface area (Å²) in [4.78, 5) is 27.5. The first-order chi connectivity index (χ1) is 11.1. The van der Waals surface area contributed by atoms with Gasteiger partial charge >= 0.3 is 12.1 Å². The molecule has 0 aliphatic carbocycles.